The zero-order valence-corrected chi connectivity index (χ0v) is 30.4. The van der Waals surface area contributed by atoms with Crippen molar-refractivity contribution < 1.29 is 23.9 Å². The average Bonchev–Trinajstić information content (AvgIpc) is 3.53. The number of carbonyl (C=O) groups is 4. The number of amides is 3. The molecular weight excluding hydrogens is 570 g/mol. The Kier molecular flexibility index (Phi) is 20.4. The summed E-state index contributed by atoms with van der Waals surface area (Å²) in [5, 5.41) is 3.08. The van der Waals surface area contributed by atoms with E-state index < -0.39 is 11.5 Å². The van der Waals surface area contributed by atoms with E-state index in [1.807, 2.05) is 38.7 Å². The van der Waals surface area contributed by atoms with Gasteiger partial charge in [-0.2, -0.15) is 0 Å². The first kappa shape index (κ1) is 42.1. The van der Waals surface area contributed by atoms with E-state index in [4.69, 9.17) is 0 Å². The quantitative estimate of drug-likeness (QED) is 0.256. The summed E-state index contributed by atoms with van der Waals surface area (Å²) in [7, 11) is 3.50. The van der Waals surface area contributed by atoms with Crippen LogP contribution in [0.1, 0.15) is 101 Å². The summed E-state index contributed by atoms with van der Waals surface area (Å²) in [4.78, 5) is 57.2. The molecule has 0 aromatic heterocycles. The summed E-state index contributed by atoms with van der Waals surface area (Å²) in [5.41, 5.74) is 0.236. The third-order valence-electron chi connectivity index (χ3n) is 7.68. The molecule has 2 atom stereocenters. The third kappa shape index (κ3) is 15.8. The van der Waals surface area contributed by atoms with Crippen molar-refractivity contribution in [2.45, 2.75) is 119 Å². The monoisotopic (exact) mass is 635 g/mol. The van der Waals surface area contributed by atoms with Gasteiger partial charge >= 0.3 is 5.97 Å². The molecule has 3 amide bonds. The molecule has 2 unspecified atom stereocenters. The highest BCUT2D eigenvalue weighted by Crippen LogP contribution is 2.24. The van der Waals surface area contributed by atoms with E-state index in [-0.39, 0.29) is 36.3 Å². The molecular formula is C35H65N5O5. The minimum Gasteiger partial charge on any atom is -0.465 e. The zero-order chi connectivity index (χ0) is 34.7. The van der Waals surface area contributed by atoms with E-state index in [9.17, 15) is 19.2 Å². The summed E-state index contributed by atoms with van der Waals surface area (Å²) in [6.07, 6.45) is 9.72. The van der Waals surface area contributed by atoms with E-state index in [2.05, 4.69) is 49.2 Å². The second-order valence-corrected chi connectivity index (χ2v) is 13.4. The Bertz CT molecular complexity index is 953. The lowest BCUT2D eigenvalue weighted by atomic mass is 9.85. The Balaban J connectivity index is 0.00000125. The minimum atomic E-state index is -0.626. The van der Waals surface area contributed by atoms with E-state index in [0.717, 1.165) is 51.7 Å². The number of nitrogens with zero attached hydrogens (tertiary/aromatic N) is 4. The minimum absolute atomic E-state index is 0.0510. The van der Waals surface area contributed by atoms with Crippen molar-refractivity contribution in [1.29, 1.82) is 0 Å². The molecule has 0 radical (unpaired) electrons. The molecule has 0 aromatic carbocycles. The molecule has 2 fully saturated rings. The molecule has 0 aromatic rings. The van der Waals surface area contributed by atoms with Crippen LogP contribution in [-0.4, -0.2) is 115 Å². The molecule has 10 nitrogen and oxygen atoms in total. The van der Waals surface area contributed by atoms with Crippen LogP contribution in [0.25, 0.3) is 0 Å². The Labute approximate surface area is 274 Å². The average molecular weight is 636 g/mol. The van der Waals surface area contributed by atoms with E-state index in [1.54, 1.807) is 37.0 Å². The topological polar surface area (TPSA) is 102 Å². The van der Waals surface area contributed by atoms with Crippen LogP contribution >= 0.6 is 0 Å². The van der Waals surface area contributed by atoms with Crippen molar-refractivity contribution in [3.05, 3.63) is 24.4 Å². The largest absolute Gasteiger partial charge is 0.465 e. The van der Waals surface area contributed by atoms with Crippen LogP contribution < -0.4 is 5.32 Å². The fourth-order valence-corrected chi connectivity index (χ4v) is 5.06. The Morgan fingerprint density at radius 1 is 1.00 bits per heavy atom. The highest BCUT2D eigenvalue weighted by atomic mass is 16.5. The van der Waals surface area contributed by atoms with Crippen LogP contribution in [0.3, 0.4) is 0 Å². The molecule has 260 valence electrons. The van der Waals surface area contributed by atoms with Gasteiger partial charge in [0.05, 0.1) is 12.6 Å². The normalized spacial score (nSPS) is 17.6. The SMILES string of the molecule is C/C(=C\CN(C)C(=O)C(NC(=O)C1CCCCN1C(C)C)C(C)(C)C)C(=O)N1CCCC1.C=CN(C)CC(=O)OCC.CCC. The predicted octanol–water partition coefficient (Wildman–Crippen LogP) is 4.85. The number of carbonyl (C=O) groups excluding carboxylic acids is 4. The lowest BCUT2D eigenvalue weighted by molar-refractivity contribution is -0.143. The molecule has 2 saturated heterocycles. The molecule has 1 N–H and O–H groups in total. The number of nitrogens with one attached hydrogen (secondary N) is 1. The fraction of sp³-hybridized carbons (Fsp3) is 0.771. The molecule has 0 bridgehead atoms. The second-order valence-electron chi connectivity index (χ2n) is 13.4. The van der Waals surface area contributed by atoms with Crippen LogP contribution in [0.5, 0.6) is 0 Å². The number of ether oxygens (including phenoxy) is 1. The molecule has 10 heteroatoms. The van der Waals surface area contributed by atoms with Gasteiger partial charge in [-0.1, -0.05) is 60.1 Å². The number of rotatable bonds is 11. The second kappa shape index (κ2) is 21.8. The van der Waals surface area contributed by atoms with Gasteiger partial charge in [0.2, 0.25) is 17.7 Å². The first-order chi connectivity index (χ1) is 21.0. The molecule has 2 rings (SSSR count). The van der Waals surface area contributed by atoms with Gasteiger partial charge in [-0.15, -0.1) is 0 Å². The number of piperidine rings is 1. The van der Waals surface area contributed by atoms with Crippen LogP contribution in [0, 0.1) is 5.41 Å². The standard InChI is InChI=1S/C25H44N4O3.C7H13NO2.C3H8/c1-18(2)29-16-9-8-12-20(29)22(30)26-21(25(4,5)6)24(32)27(7)17-13-19(3)23(31)28-14-10-11-15-28;1-4-8(3)6-7(9)10-5-2;1-3-2/h13,18,20-21H,8-12,14-17H2,1-7H3,(H,26,30);4H,1,5-6H2,2-3H3;3H2,1-2H3/b19-13+;;. The van der Waals surface area contributed by atoms with Gasteiger partial charge in [0.15, 0.2) is 0 Å². The number of hydrogen-bond donors (Lipinski definition) is 1. The number of hydrogen-bond acceptors (Lipinski definition) is 7. The Hall–Kier alpha value is -2.88. The van der Waals surface area contributed by atoms with Crippen molar-refractivity contribution in [3.63, 3.8) is 0 Å². The highest BCUT2D eigenvalue weighted by Gasteiger charge is 2.38. The number of likely N-dealkylation sites (tertiary alicyclic amines) is 2. The first-order valence-corrected chi connectivity index (χ1v) is 16.8. The molecule has 2 heterocycles. The maximum atomic E-state index is 13.3. The molecule has 2 aliphatic rings. The van der Waals surface area contributed by atoms with Crippen LogP contribution in [-0.2, 0) is 23.9 Å². The van der Waals surface area contributed by atoms with Crippen molar-refractivity contribution in [2.24, 2.45) is 5.41 Å². The smallest absolute Gasteiger partial charge is 0.325 e. The number of likely N-dealkylation sites (N-methyl/N-ethyl adjacent to an activating group) is 2. The summed E-state index contributed by atoms with van der Waals surface area (Å²) in [6, 6.07) is -0.523. The van der Waals surface area contributed by atoms with E-state index in [1.165, 1.54) is 6.42 Å². The number of esters is 1. The Morgan fingerprint density at radius 3 is 2.04 bits per heavy atom. The lowest BCUT2D eigenvalue weighted by Crippen LogP contribution is -2.59. The van der Waals surface area contributed by atoms with Crippen LogP contribution in [0.15, 0.2) is 24.4 Å². The van der Waals surface area contributed by atoms with Crippen LogP contribution in [0.2, 0.25) is 0 Å². The van der Waals surface area contributed by atoms with E-state index in [0.29, 0.717) is 24.8 Å². The van der Waals surface area contributed by atoms with Gasteiger partial charge in [0.25, 0.3) is 0 Å². The van der Waals surface area contributed by atoms with Gasteiger partial charge in [-0.05, 0) is 71.5 Å². The Morgan fingerprint density at radius 2 is 1.56 bits per heavy atom. The van der Waals surface area contributed by atoms with E-state index >= 15 is 0 Å². The maximum Gasteiger partial charge on any atom is 0.325 e. The van der Waals surface area contributed by atoms with Crippen molar-refractivity contribution in [3.8, 4) is 0 Å². The lowest BCUT2D eigenvalue weighted by Gasteiger charge is -2.40. The van der Waals surface area contributed by atoms with Crippen LogP contribution in [0.4, 0.5) is 0 Å². The van der Waals surface area contributed by atoms with Gasteiger partial charge < -0.3 is 24.8 Å². The predicted molar refractivity (Wildman–Crippen MR) is 183 cm³/mol. The summed E-state index contributed by atoms with van der Waals surface area (Å²) >= 11 is 0. The fourth-order valence-electron chi connectivity index (χ4n) is 5.06. The molecule has 0 aliphatic carbocycles. The van der Waals surface area contributed by atoms with Crippen molar-refractivity contribution in [2.75, 3.05) is 53.4 Å². The summed E-state index contributed by atoms with van der Waals surface area (Å²) in [5.74, 6) is -0.355. The summed E-state index contributed by atoms with van der Waals surface area (Å²) < 4.78 is 4.69. The molecule has 2 aliphatic heterocycles. The van der Waals surface area contributed by atoms with Crippen molar-refractivity contribution in [1.82, 2.24) is 24.9 Å². The van der Waals surface area contributed by atoms with Gasteiger partial charge in [0, 0.05) is 45.3 Å². The molecule has 0 spiro atoms. The third-order valence-corrected chi connectivity index (χ3v) is 7.68. The van der Waals surface area contributed by atoms with Gasteiger partial charge in [-0.25, -0.2) is 0 Å². The highest BCUT2D eigenvalue weighted by molar-refractivity contribution is 5.93. The molecule has 0 saturated carbocycles. The first-order valence-electron chi connectivity index (χ1n) is 16.8. The zero-order valence-electron chi connectivity index (χ0n) is 30.4. The maximum absolute atomic E-state index is 13.3. The van der Waals surface area contributed by atoms with Crippen molar-refractivity contribution >= 4 is 23.7 Å². The molecule has 45 heavy (non-hydrogen) atoms. The van der Waals surface area contributed by atoms with Gasteiger partial charge in [-0.3, -0.25) is 24.1 Å². The summed E-state index contributed by atoms with van der Waals surface area (Å²) in [6.45, 7) is 25.1. The van der Waals surface area contributed by atoms with Gasteiger partial charge in [0.1, 0.15) is 12.6 Å².